The molecule has 5 heteroatoms. The number of benzene rings is 2. The Hall–Kier alpha value is -2.89. The van der Waals surface area contributed by atoms with Crippen LogP contribution in [0.5, 0.6) is 5.75 Å². The molecule has 2 N–H and O–H groups in total. The molecule has 0 saturated heterocycles. The number of rotatable bonds is 4. The third-order valence-electron chi connectivity index (χ3n) is 5.96. The van der Waals surface area contributed by atoms with Gasteiger partial charge >= 0.3 is 0 Å². The standard InChI is InChI=1S/C23H21NO4/c1-2-22(25)16-10-6-11-17(27-14-15-8-4-3-5-9-15)19(16)21-20-18(28-24-21)12-7-13-23(20,22)26/h2-6,8-11,25-26H,1,7,12-14H2/t22-,23+/m0/s1. The van der Waals surface area contributed by atoms with Crippen LogP contribution in [0.1, 0.15) is 35.3 Å². The van der Waals surface area contributed by atoms with Gasteiger partial charge in [0.1, 0.15) is 35.0 Å². The predicted octanol–water partition coefficient (Wildman–Crippen LogP) is 3.83. The molecule has 0 saturated carbocycles. The normalized spacial score (nSPS) is 24.9. The van der Waals surface area contributed by atoms with E-state index in [1.165, 1.54) is 6.08 Å². The lowest BCUT2D eigenvalue weighted by molar-refractivity contribution is -0.146. The fourth-order valence-corrected chi connectivity index (χ4v) is 4.55. The molecule has 28 heavy (non-hydrogen) atoms. The van der Waals surface area contributed by atoms with Crippen molar-refractivity contribution in [1.82, 2.24) is 5.16 Å². The zero-order valence-electron chi connectivity index (χ0n) is 15.4. The Labute approximate surface area is 162 Å². The Morgan fingerprint density at radius 1 is 1.14 bits per heavy atom. The molecule has 0 fully saturated rings. The van der Waals surface area contributed by atoms with Crippen molar-refractivity contribution < 1.29 is 19.5 Å². The van der Waals surface area contributed by atoms with Gasteiger partial charge in [0.05, 0.1) is 11.1 Å². The molecule has 0 radical (unpaired) electrons. The third kappa shape index (κ3) is 2.17. The van der Waals surface area contributed by atoms with E-state index in [9.17, 15) is 10.2 Å². The number of hydrogen-bond donors (Lipinski definition) is 2. The molecule has 0 unspecified atom stereocenters. The Balaban J connectivity index is 1.68. The first-order valence-corrected chi connectivity index (χ1v) is 9.46. The van der Waals surface area contributed by atoms with Gasteiger partial charge in [-0.2, -0.15) is 0 Å². The number of ether oxygens (including phenoxy) is 1. The largest absolute Gasteiger partial charge is 0.488 e. The molecular formula is C23H21NO4. The minimum absolute atomic E-state index is 0.383. The minimum Gasteiger partial charge on any atom is -0.488 e. The van der Waals surface area contributed by atoms with E-state index in [0.717, 1.165) is 5.56 Å². The van der Waals surface area contributed by atoms with Crippen LogP contribution in [-0.2, 0) is 24.2 Å². The maximum atomic E-state index is 11.6. The van der Waals surface area contributed by atoms with Gasteiger partial charge in [-0.3, -0.25) is 0 Å². The van der Waals surface area contributed by atoms with Gasteiger partial charge in [0.15, 0.2) is 0 Å². The summed E-state index contributed by atoms with van der Waals surface area (Å²) in [7, 11) is 0. The van der Waals surface area contributed by atoms with Crippen LogP contribution in [0.4, 0.5) is 0 Å². The van der Waals surface area contributed by atoms with Crippen LogP contribution in [0.25, 0.3) is 11.3 Å². The lowest BCUT2D eigenvalue weighted by Gasteiger charge is -2.47. The van der Waals surface area contributed by atoms with Gasteiger partial charge in [0.25, 0.3) is 0 Å². The van der Waals surface area contributed by atoms with Crippen molar-refractivity contribution in [3.63, 3.8) is 0 Å². The van der Waals surface area contributed by atoms with E-state index < -0.39 is 11.2 Å². The van der Waals surface area contributed by atoms with Crippen molar-refractivity contribution >= 4 is 0 Å². The topological polar surface area (TPSA) is 75.7 Å². The van der Waals surface area contributed by atoms with E-state index in [-0.39, 0.29) is 0 Å². The minimum atomic E-state index is -1.65. The van der Waals surface area contributed by atoms with Crippen molar-refractivity contribution in [2.75, 3.05) is 0 Å². The highest BCUT2D eigenvalue weighted by Gasteiger charge is 2.59. The van der Waals surface area contributed by atoms with E-state index in [1.807, 2.05) is 42.5 Å². The van der Waals surface area contributed by atoms with Gasteiger partial charge in [-0.15, -0.1) is 0 Å². The molecule has 5 nitrogen and oxygen atoms in total. The Bertz CT molecular complexity index is 1060. The average Bonchev–Trinajstić information content (AvgIpc) is 3.17. The van der Waals surface area contributed by atoms with E-state index in [4.69, 9.17) is 9.26 Å². The second-order valence-electron chi connectivity index (χ2n) is 7.47. The summed E-state index contributed by atoms with van der Waals surface area (Å²) in [6.07, 6.45) is 3.21. The highest BCUT2D eigenvalue weighted by molar-refractivity contribution is 5.80. The lowest BCUT2D eigenvalue weighted by atomic mass is 9.62. The average molecular weight is 375 g/mol. The van der Waals surface area contributed by atoms with Crippen molar-refractivity contribution in [2.24, 2.45) is 0 Å². The summed E-state index contributed by atoms with van der Waals surface area (Å²) in [6.45, 7) is 4.21. The first-order chi connectivity index (χ1) is 13.6. The molecule has 2 atom stereocenters. The van der Waals surface area contributed by atoms with Crippen LogP contribution in [0.2, 0.25) is 0 Å². The number of aryl methyl sites for hydroxylation is 1. The second-order valence-corrected chi connectivity index (χ2v) is 7.47. The predicted molar refractivity (Wildman–Crippen MR) is 104 cm³/mol. The molecule has 142 valence electrons. The first-order valence-electron chi connectivity index (χ1n) is 9.46. The number of aromatic nitrogens is 1. The number of hydrogen-bond acceptors (Lipinski definition) is 5. The van der Waals surface area contributed by atoms with Crippen LogP contribution >= 0.6 is 0 Å². The maximum Gasteiger partial charge on any atom is 0.143 e. The second kappa shape index (κ2) is 6.06. The molecule has 1 heterocycles. The maximum absolute atomic E-state index is 11.6. The summed E-state index contributed by atoms with van der Waals surface area (Å²) in [5.74, 6) is 1.21. The monoisotopic (exact) mass is 375 g/mol. The summed E-state index contributed by atoms with van der Waals surface area (Å²) in [6, 6.07) is 15.3. The van der Waals surface area contributed by atoms with Crippen LogP contribution in [0.15, 0.2) is 65.7 Å². The van der Waals surface area contributed by atoms with Crippen LogP contribution < -0.4 is 4.74 Å². The van der Waals surface area contributed by atoms with Crippen LogP contribution in [-0.4, -0.2) is 15.4 Å². The first kappa shape index (κ1) is 17.2. The van der Waals surface area contributed by atoms with Gasteiger partial charge in [-0.25, -0.2) is 0 Å². The quantitative estimate of drug-likeness (QED) is 0.678. The van der Waals surface area contributed by atoms with Gasteiger partial charge in [0.2, 0.25) is 0 Å². The van der Waals surface area contributed by atoms with Crippen molar-refractivity contribution in [1.29, 1.82) is 0 Å². The van der Waals surface area contributed by atoms with E-state index >= 15 is 0 Å². The fraction of sp³-hybridized carbons (Fsp3) is 0.261. The molecule has 0 aliphatic heterocycles. The summed E-state index contributed by atoms with van der Waals surface area (Å²) >= 11 is 0. The summed E-state index contributed by atoms with van der Waals surface area (Å²) in [5, 5.41) is 27.4. The number of fused-ring (bicyclic) bond motifs is 2. The number of aliphatic hydroxyl groups is 2. The molecular weight excluding hydrogens is 354 g/mol. The zero-order chi connectivity index (χ0) is 19.4. The molecule has 3 aromatic rings. The van der Waals surface area contributed by atoms with E-state index in [1.54, 1.807) is 6.07 Å². The zero-order valence-corrected chi connectivity index (χ0v) is 15.4. The fourth-order valence-electron chi connectivity index (χ4n) is 4.55. The smallest absolute Gasteiger partial charge is 0.143 e. The lowest BCUT2D eigenvalue weighted by Crippen LogP contribution is -2.52. The van der Waals surface area contributed by atoms with Gasteiger partial charge in [0, 0.05) is 12.0 Å². The SMILES string of the molecule is C=C[C@]1(O)c2cccc(OCc3ccccc3)c2-c2noc3c2[C@]1(O)CCC3. The van der Waals surface area contributed by atoms with Crippen LogP contribution in [0.3, 0.4) is 0 Å². The van der Waals surface area contributed by atoms with Crippen molar-refractivity contribution in [3.05, 3.63) is 83.6 Å². The number of nitrogens with zero attached hydrogens (tertiary/aromatic N) is 1. The highest BCUT2D eigenvalue weighted by Crippen LogP contribution is 2.58. The van der Waals surface area contributed by atoms with Gasteiger partial charge in [-0.1, -0.05) is 60.3 Å². The van der Waals surface area contributed by atoms with Crippen molar-refractivity contribution in [3.8, 4) is 17.0 Å². The Morgan fingerprint density at radius 3 is 2.75 bits per heavy atom. The molecule has 2 aliphatic rings. The summed E-state index contributed by atoms with van der Waals surface area (Å²) in [5.41, 5.74) is 0.160. The summed E-state index contributed by atoms with van der Waals surface area (Å²) < 4.78 is 11.7. The molecule has 0 amide bonds. The molecule has 2 aliphatic carbocycles. The van der Waals surface area contributed by atoms with E-state index in [2.05, 4.69) is 11.7 Å². The molecule has 2 aromatic carbocycles. The third-order valence-corrected chi connectivity index (χ3v) is 5.96. The molecule has 0 spiro atoms. The Kier molecular flexibility index (Phi) is 3.73. The van der Waals surface area contributed by atoms with Crippen LogP contribution in [0, 0.1) is 0 Å². The van der Waals surface area contributed by atoms with Crippen molar-refractivity contribution in [2.45, 2.75) is 37.1 Å². The molecule has 5 rings (SSSR count). The van der Waals surface area contributed by atoms with Gasteiger partial charge in [-0.05, 0) is 24.5 Å². The van der Waals surface area contributed by atoms with Gasteiger partial charge < -0.3 is 19.5 Å². The Morgan fingerprint density at radius 2 is 1.96 bits per heavy atom. The highest BCUT2D eigenvalue weighted by atomic mass is 16.5. The molecule has 1 aromatic heterocycles. The summed E-state index contributed by atoms with van der Waals surface area (Å²) in [4.78, 5) is 0. The van der Waals surface area contributed by atoms with E-state index in [0.29, 0.717) is 59.8 Å². The molecule has 0 bridgehead atoms.